The van der Waals surface area contributed by atoms with Crippen LogP contribution in [0.5, 0.6) is 0 Å². The van der Waals surface area contributed by atoms with Crippen molar-refractivity contribution in [2.45, 2.75) is 44.1 Å². The molecule has 0 radical (unpaired) electrons. The quantitative estimate of drug-likeness (QED) is 0.646. The predicted molar refractivity (Wildman–Crippen MR) is 52.5 cm³/mol. The molecule has 4 fully saturated rings. The molecule has 0 spiro atoms. The fraction of sp³-hybridized carbons (Fsp3) is 1.00. The van der Waals surface area contributed by atoms with Crippen LogP contribution in [-0.4, -0.2) is 10.7 Å². The Morgan fingerprint density at radius 3 is 1.69 bits per heavy atom. The third-order valence-corrected chi connectivity index (χ3v) is 5.05. The van der Waals surface area contributed by atoms with Crippen molar-refractivity contribution in [1.82, 2.24) is 0 Å². The average molecular weight is 201 g/mol. The first-order valence-electron chi connectivity index (χ1n) is 5.50. The highest BCUT2D eigenvalue weighted by Gasteiger charge is 2.53. The van der Waals surface area contributed by atoms with E-state index in [1.54, 1.807) is 0 Å². The van der Waals surface area contributed by atoms with E-state index in [4.69, 9.17) is 11.6 Å². The Balaban J connectivity index is 1.91. The lowest BCUT2D eigenvalue weighted by Gasteiger charge is -2.57. The zero-order chi connectivity index (χ0) is 9.05. The molecule has 1 N–H and O–H groups in total. The molecule has 4 aliphatic carbocycles. The first-order valence-corrected chi connectivity index (χ1v) is 5.94. The van der Waals surface area contributed by atoms with Gasteiger partial charge in [-0.25, -0.2) is 0 Å². The van der Waals surface area contributed by atoms with Gasteiger partial charge in [-0.05, 0) is 56.3 Å². The summed E-state index contributed by atoms with van der Waals surface area (Å²) in [6.45, 7) is 0. The number of aliphatic hydroxyl groups is 1. The van der Waals surface area contributed by atoms with Gasteiger partial charge in [0.25, 0.3) is 0 Å². The van der Waals surface area contributed by atoms with Crippen molar-refractivity contribution >= 4 is 11.6 Å². The molecular formula is C11H17ClO. The van der Waals surface area contributed by atoms with Crippen LogP contribution in [0, 0.1) is 23.2 Å². The molecule has 0 aromatic carbocycles. The van der Waals surface area contributed by atoms with Crippen molar-refractivity contribution in [2.75, 3.05) is 0 Å². The summed E-state index contributed by atoms with van der Waals surface area (Å²) >= 11 is 5.95. The lowest BCUT2D eigenvalue weighted by molar-refractivity contribution is -0.0936. The van der Waals surface area contributed by atoms with Crippen molar-refractivity contribution in [3.63, 3.8) is 0 Å². The molecular weight excluding hydrogens is 184 g/mol. The third kappa shape index (κ3) is 1.16. The van der Waals surface area contributed by atoms with Gasteiger partial charge in [-0.2, -0.15) is 0 Å². The average Bonchev–Trinajstić information content (AvgIpc) is 2.00. The van der Waals surface area contributed by atoms with Gasteiger partial charge in [0, 0.05) is 5.41 Å². The number of rotatable bonds is 1. The summed E-state index contributed by atoms with van der Waals surface area (Å²) in [7, 11) is 0. The second-order valence-corrected chi connectivity index (χ2v) is 6.03. The lowest BCUT2D eigenvalue weighted by atomic mass is 9.50. The summed E-state index contributed by atoms with van der Waals surface area (Å²) in [5.41, 5.74) is -0.461. The fourth-order valence-electron chi connectivity index (χ4n) is 4.47. The molecule has 4 bridgehead atoms. The topological polar surface area (TPSA) is 20.2 Å². The van der Waals surface area contributed by atoms with Gasteiger partial charge in [0.2, 0.25) is 0 Å². The minimum Gasteiger partial charge on any atom is -0.377 e. The van der Waals surface area contributed by atoms with Crippen LogP contribution >= 0.6 is 11.6 Å². The van der Waals surface area contributed by atoms with E-state index in [1.807, 2.05) is 0 Å². The van der Waals surface area contributed by atoms with E-state index in [2.05, 4.69) is 0 Å². The number of alkyl halides is 1. The summed E-state index contributed by atoms with van der Waals surface area (Å²) < 4.78 is 0. The van der Waals surface area contributed by atoms with Crippen LogP contribution in [0.1, 0.15) is 38.5 Å². The summed E-state index contributed by atoms with van der Waals surface area (Å²) in [4.78, 5) is 0. The molecule has 0 aromatic rings. The van der Waals surface area contributed by atoms with Crippen LogP contribution in [0.3, 0.4) is 0 Å². The van der Waals surface area contributed by atoms with Crippen molar-refractivity contribution in [1.29, 1.82) is 0 Å². The van der Waals surface area contributed by atoms with Gasteiger partial charge in [0.05, 0.1) is 0 Å². The second kappa shape index (κ2) is 2.64. The minimum absolute atomic E-state index is 0.121. The van der Waals surface area contributed by atoms with Crippen LogP contribution in [0.15, 0.2) is 0 Å². The highest BCUT2D eigenvalue weighted by Crippen LogP contribution is 2.61. The van der Waals surface area contributed by atoms with Crippen molar-refractivity contribution in [2.24, 2.45) is 23.2 Å². The molecule has 4 saturated carbocycles. The molecule has 4 rings (SSSR count). The third-order valence-electron chi connectivity index (χ3n) is 4.59. The highest BCUT2D eigenvalue weighted by atomic mass is 35.5. The van der Waals surface area contributed by atoms with E-state index in [9.17, 15) is 5.11 Å². The molecule has 13 heavy (non-hydrogen) atoms. The van der Waals surface area contributed by atoms with E-state index in [1.165, 1.54) is 38.5 Å². The first-order chi connectivity index (χ1) is 6.18. The van der Waals surface area contributed by atoms with Gasteiger partial charge >= 0.3 is 0 Å². The maximum Gasteiger partial charge on any atom is 0.133 e. The summed E-state index contributed by atoms with van der Waals surface area (Å²) in [6, 6.07) is 0. The van der Waals surface area contributed by atoms with Gasteiger partial charge < -0.3 is 5.11 Å². The zero-order valence-corrected chi connectivity index (χ0v) is 8.63. The first kappa shape index (κ1) is 8.55. The minimum atomic E-state index is -0.583. The molecule has 4 aliphatic rings. The van der Waals surface area contributed by atoms with Crippen LogP contribution in [-0.2, 0) is 0 Å². The molecule has 0 amide bonds. The SMILES string of the molecule is OC(Cl)C12CC3CC(CC(C3)C1)C2. The van der Waals surface area contributed by atoms with Gasteiger partial charge in [-0.15, -0.1) is 0 Å². The van der Waals surface area contributed by atoms with Gasteiger partial charge in [0.15, 0.2) is 0 Å². The Morgan fingerprint density at radius 1 is 1.00 bits per heavy atom. The van der Waals surface area contributed by atoms with E-state index in [0.29, 0.717) is 0 Å². The number of hydrogen-bond donors (Lipinski definition) is 1. The fourth-order valence-corrected chi connectivity index (χ4v) is 4.74. The van der Waals surface area contributed by atoms with Crippen LogP contribution in [0.4, 0.5) is 0 Å². The number of halogens is 1. The Bertz CT molecular complexity index is 189. The molecule has 2 heteroatoms. The van der Waals surface area contributed by atoms with Crippen LogP contribution in [0.25, 0.3) is 0 Å². The van der Waals surface area contributed by atoms with Gasteiger partial charge in [-0.3, -0.25) is 0 Å². The number of aliphatic hydroxyl groups excluding tert-OH is 1. The molecule has 1 nitrogen and oxygen atoms in total. The molecule has 0 saturated heterocycles. The normalized spacial score (nSPS) is 55.4. The molecule has 1 unspecified atom stereocenters. The van der Waals surface area contributed by atoms with Crippen LogP contribution in [0.2, 0.25) is 0 Å². The standard InChI is InChI=1S/C11H17ClO/c12-10(13)11-4-7-1-8(5-11)3-9(2-7)6-11/h7-10,13H,1-6H2. The number of hydrogen-bond acceptors (Lipinski definition) is 1. The Kier molecular flexibility index (Phi) is 1.73. The Labute approximate surface area is 84.5 Å². The Hall–Kier alpha value is 0.250. The summed E-state index contributed by atoms with van der Waals surface area (Å²) in [6.07, 6.45) is 7.85. The van der Waals surface area contributed by atoms with Crippen LogP contribution < -0.4 is 0 Å². The molecule has 1 atom stereocenters. The smallest absolute Gasteiger partial charge is 0.133 e. The summed E-state index contributed by atoms with van der Waals surface area (Å²) in [5.74, 6) is 2.67. The molecule has 0 heterocycles. The van der Waals surface area contributed by atoms with Crippen molar-refractivity contribution < 1.29 is 5.11 Å². The Morgan fingerprint density at radius 2 is 1.38 bits per heavy atom. The molecule has 0 aliphatic heterocycles. The second-order valence-electron chi connectivity index (χ2n) is 5.62. The van der Waals surface area contributed by atoms with E-state index in [0.717, 1.165) is 17.8 Å². The maximum absolute atomic E-state index is 9.68. The summed E-state index contributed by atoms with van der Waals surface area (Å²) in [5, 5.41) is 9.68. The zero-order valence-electron chi connectivity index (χ0n) is 7.88. The van der Waals surface area contributed by atoms with Crippen molar-refractivity contribution in [3.8, 4) is 0 Å². The largest absolute Gasteiger partial charge is 0.377 e. The maximum atomic E-state index is 9.68. The van der Waals surface area contributed by atoms with E-state index < -0.39 is 5.56 Å². The monoisotopic (exact) mass is 200 g/mol. The predicted octanol–water partition coefficient (Wildman–Crippen LogP) is 2.76. The molecule has 0 aromatic heterocycles. The van der Waals surface area contributed by atoms with E-state index in [-0.39, 0.29) is 5.41 Å². The van der Waals surface area contributed by atoms with E-state index >= 15 is 0 Å². The van der Waals surface area contributed by atoms with Crippen molar-refractivity contribution in [3.05, 3.63) is 0 Å². The van der Waals surface area contributed by atoms with Gasteiger partial charge in [0.1, 0.15) is 5.56 Å². The molecule has 74 valence electrons. The highest BCUT2D eigenvalue weighted by molar-refractivity contribution is 6.20. The van der Waals surface area contributed by atoms with Gasteiger partial charge in [-0.1, -0.05) is 11.6 Å². The lowest BCUT2D eigenvalue weighted by Crippen LogP contribution is -2.50.